The number of carbonyl (C=O) groups is 1. The van der Waals surface area contributed by atoms with E-state index in [1.165, 1.54) is 5.56 Å². The summed E-state index contributed by atoms with van der Waals surface area (Å²) in [7, 11) is 1.66. The Bertz CT molecular complexity index is 1130. The van der Waals surface area contributed by atoms with Gasteiger partial charge < -0.3 is 14.8 Å². The molecule has 1 saturated heterocycles. The Morgan fingerprint density at radius 2 is 2.11 bits per heavy atom. The van der Waals surface area contributed by atoms with Gasteiger partial charge in [-0.2, -0.15) is 0 Å². The first-order valence-corrected chi connectivity index (χ1v) is 12.3. The molecule has 0 bridgehead atoms. The number of hydrogen-bond acceptors (Lipinski definition) is 7. The predicted octanol–water partition coefficient (Wildman–Crippen LogP) is 2.72. The largest absolute Gasteiger partial charge is 0.497 e. The molecule has 0 spiro atoms. The van der Waals surface area contributed by atoms with Gasteiger partial charge in [0.15, 0.2) is 5.82 Å². The number of rotatable bonds is 10. The first-order chi connectivity index (χ1) is 17.2. The zero-order valence-electron chi connectivity index (χ0n) is 20.1. The Morgan fingerprint density at radius 1 is 1.23 bits per heavy atom. The lowest BCUT2D eigenvalue weighted by Crippen LogP contribution is -2.40. The molecule has 2 atom stereocenters. The van der Waals surface area contributed by atoms with Crippen LogP contribution in [0.2, 0.25) is 0 Å². The number of nitrogens with one attached hydrogen (secondary N) is 1. The molecule has 5 rings (SSSR count). The van der Waals surface area contributed by atoms with E-state index in [-0.39, 0.29) is 17.9 Å². The third kappa shape index (κ3) is 5.86. The second-order valence-corrected chi connectivity index (χ2v) is 9.30. The van der Waals surface area contributed by atoms with E-state index in [1.54, 1.807) is 7.11 Å². The van der Waals surface area contributed by atoms with Gasteiger partial charge in [0.05, 0.1) is 32.2 Å². The highest BCUT2D eigenvalue weighted by Crippen LogP contribution is 2.29. The Kier molecular flexibility index (Phi) is 7.34. The third-order valence-electron chi connectivity index (χ3n) is 6.82. The van der Waals surface area contributed by atoms with E-state index in [0.29, 0.717) is 26.1 Å². The number of benzene rings is 2. The van der Waals surface area contributed by atoms with Crippen LogP contribution in [0.4, 0.5) is 5.69 Å². The van der Waals surface area contributed by atoms with Crippen molar-refractivity contribution in [3.05, 3.63) is 65.5 Å². The van der Waals surface area contributed by atoms with E-state index in [0.717, 1.165) is 55.2 Å². The van der Waals surface area contributed by atoms with E-state index >= 15 is 0 Å². The number of carbonyl (C=O) groups excluding carboxylic acids is 1. The number of methoxy groups -OCH3 is 1. The predicted molar refractivity (Wildman–Crippen MR) is 131 cm³/mol. The molecule has 1 fully saturated rings. The molecule has 184 valence electrons. The van der Waals surface area contributed by atoms with Gasteiger partial charge in [-0.3, -0.25) is 9.69 Å². The van der Waals surface area contributed by atoms with Crippen molar-refractivity contribution in [2.24, 2.45) is 5.92 Å². The first kappa shape index (κ1) is 23.4. The van der Waals surface area contributed by atoms with Crippen LogP contribution in [0, 0.1) is 5.92 Å². The molecule has 1 aromatic heterocycles. The van der Waals surface area contributed by atoms with Crippen LogP contribution in [0.1, 0.15) is 29.8 Å². The van der Waals surface area contributed by atoms with Gasteiger partial charge in [-0.1, -0.05) is 30.3 Å². The Balaban J connectivity index is 1.31. The van der Waals surface area contributed by atoms with Gasteiger partial charge in [0.25, 0.3) is 0 Å². The lowest BCUT2D eigenvalue weighted by atomic mass is 9.92. The standard InChI is InChI=1S/C26H32N6O3/c1-34-22-9-10-24-20(15-22)14-21(26(33)27-24)16-31(12-11-19-6-3-2-4-7-19)18-25-28-29-30-32(25)17-23-8-5-13-35-23/h2-4,6-7,9-10,15,21,23H,5,8,11-14,16-18H2,1H3,(H,27,33). The molecule has 2 unspecified atom stereocenters. The summed E-state index contributed by atoms with van der Waals surface area (Å²) in [5.74, 6) is 1.47. The minimum absolute atomic E-state index is 0.0475. The number of fused-ring (bicyclic) bond motifs is 1. The average molecular weight is 477 g/mol. The fourth-order valence-corrected chi connectivity index (χ4v) is 4.87. The summed E-state index contributed by atoms with van der Waals surface area (Å²) in [5, 5.41) is 15.5. The van der Waals surface area contributed by atoms with Gasteiger partial charge in [0, 0.05) is 25.4 Å². The molecular weight excluding hydrogens is 444 g/mol. The molecule has 1 amide bonds. The van der Waals surface area contributed by atoms with Gasteiger partial charge in [-0.25, -0.2) is 4.68 Å². The molecule has 9 heteroatoms. The number of aromatic nitrogens is 4. The second-order valence-electron chi connectivity index (χ2n) is 9.30. The van der Waals surface area contributed by atoms with Crippen molar-refractivity contribution in [2.45, 2.75) is 44.9 Å². The molecule has 2 aromatic carbocycles. The van der Waals surface area contributed by atoms with E-state index in [2.05, 4.69) is 50.0 Å². The van der Waals surface area contributed by atoms with Crippen LogP contribution < -0.4 is 10.1 Å². The Morgan fingerprint density at radius 3 is 2.91 bits per heavy atom. The number of anilines is 1. The van der Waals surface area contributed by atoms with Crippen LogP contribution in [-0.2, 0) is 35.5 Å². The Labute approximate surface area is 205 Å². The van der Waals surface area contributed by atoms with Gasteiger partial charge in [-0.05, 0) is 65.4 Å². The molecule has 0 aliphatic carbocycles. The van der Waals surface area contributed by atoms with Crippen LogP contribution in [-0.4, -0.2) is 63.9 Å². The summed E-state index contributed by atoms with van der Waals surface area (Å²) >= 11 is 0. The van der Waals surface area contributed by atoms with Crippen LogP contribution in [0.3, 0.4) is 0 Å². The fraction of sp³-hybridized carbons (Fsp3) is 0.462. The van der Waals surface area contributed by atoms with Crippen LogP contribution in [0.15, 0.2) is 48.5 Å². The number of ether oxygens (including phenoxy) is 2. The zero-order chi connectivity index (χ0) is 24.0. The maximum atomic E-state index is 13.0. The SMILES string of the molecule is COc1ccc2c(c1)CC(CN(CCc1ccccc1)Cc1nnnn1CC1CCCO1)C(=O)N2. The van der Waals surface area contributed by atoms with Crippen molar-refractivity contribution >= 4 is 11.6 Å². The van der Waals surface area contributed by atoms with E-state index in [1.807, 2.05) is 28.9 Å². The first-order valence-electron chi connectivity index (χ1n) is 12.3. The fourth-order valence-electron chi connectivity index (χ4n) is 4.87. The molecule has 0 saturated carbocycles. The van der Waals surface area contributed by atoms with E-state index in [9.17, 15) is 4.79 Å². The molecule has 3 heterocycles. The van der Waals surface area contributed by atoms with Gasteiger partial charge in [-0.15, -0.1) is 5.10 Å². The number of tetrazole rings is 1. The molecule has 9 nitrogen and oxygen atoms in total. The summed E-state index contributed by atoms with van der Waals surface area (Å²) in [6, 6.07) is 16.2. The molecule has 35 heavy (non-hydrogen) atoms. The summed E-state index contributed by atoms with van der Waals surface area (Å²) in [6.45, 7) is 3.44. The molecular formula is C26H32N6O3. The van der Waals surface area contributed by atoms with E-state index < -0.39 is 0 Å². The van der Waals surface area contributed by atoms with Crippen LogP contribution >= 0.6 is 0 Å². The van der Waals surface area contributed by atoms with Crippen LogP contribution in [0.25, 0.3) is 0 Å². The molecule has 2 aliphatic rings. The van der Waals surface area contributed by atoms with Crippen molar-refractivity contribution in [3.8, 4) is 5.75 Å². The molecule has 1 N–H and O–H groups in total. The highest BCUT2D eigenvalue weighted by molar-refractivity contribution is 5.96. The Hall–Kier alpha value is -3.30. The second kappa shape index (κ2) is 11.0. The lowest BCUT2D eigenvalue weighted by molar-refractivity contribution is -0.120. The topological polar surface area (TPSA) is 94.4 Å². The molecule has 2 aliphatic heterocycles. The van der Waals surface area contributed by atoms with E-state index in [4.69, 9.17) is 9.47 Å². The third-order valence-corrected chi connectivity index (χ3v) is 6.82. The highest BCUT2D eigenvalue weighted by atomic mass is 16.5. The van der Waals surface area contributed by atoms with Crippen LogP contribution in [0.5, 0.6) is 5.75 Å². The number of nitrogens with zero attached hydrogens (tertiary/aromatic N) is 5. The lowest BCUT2D eigenvalue weighted by Gasteiger charge is -2.30. The van der Waals surface area contributed by atoms with Crippen molar-refractivity contribution in [3.63, 3.8) is 0 Å². The number of hydrogen-bond donors (Lipinski definition) is 1. The van der Waals surface area contributed by atoms with Gasteiger partial charge >= 0.3 is 0 Å². The summed E-state index contributed by atoms with van der Waals surface area (Å²) in [5.41, 5.74) is 3.23. The maximum Gasteiger partial charge on any atom is 0.229 e. The normalized spacial score (nSPS) is 19.5. The van der Waals surface area contributed by atoms with Crippen molar-refractivity contribution in [1.82, 2.24) is 25.1 Å². The summed E-state index contributed by atoms with van der Waals surface area (Å²) < 4.78 is 13.0. The van der Waals surface area contributed by atoms with Crippen molar-refractivity contribution in [2.75, 3.05) is 32.1 Å². The van der Waals surface area contributed by atoms with Gasteiger partial charge in [0.1, 0.15) is 5.75 Å². The minimum atomic E-state index is -0.173. The zero-order valence-corrected chi connectivity index (χ0v) is 20.1. The summed E-state index contributed by atoms with van der Waals surface area (Å²) in [6.07, 6.45) is 3.82. The molecule has 0 radical (unpaired) electrons. The number of amides is 1. The highest BCUT2D eigenvalue weighted by Gasteiger charge is 2.29. The quantitative estimate of drug-likeness (QED) is 0.481. The average Bonchev–Trinajstić information content (AvgIpc) is 3.56. The minimum Gasteiger partial charge on any atom is -0.497 e. The van der Waals surface area contributed by atoms with Crippen molar-refractivity contribution in [1.29, 1.82) is 0 Å². The maximum absolute atomic E-state index is 13.0. The summed E-state index contributed by atoms with van der Waals surface area (Å²) in [4.78, 5) is 15.3. The van der Waals surface area contributed by atoms with Crippen molar-refractivity contribution < 1.29 is 14.3 Å². The van der Waals surface area contributed by atoms with Gasteiger partial charge in [0.2, 0.25) is 5.91 Å². The smallest absolute Gasteiger partial charge is 0.229 e. The monoisotopic (exact) mass is 476 g/mol. The molecule has 3 aromatic rings.